The lowest BCUT2D eigenvalue weighted by Crippen LogP contribution is -2.30. The average molecular weight is 314 g/mol. The first-order valence-electron chi connectivity index (χ1n) is 6.38. The highest BCUT2D eigenvalue weighted by Gasteiger charge is 2.21. The van der Waals surface area contributed by atoms with Crippen LogP contribution < -0.4 is 10.5 Å². The monoisotopic (exact) mass is 314 g/mol. The van der Waals surface area contributed by atoms with Gasteiger partial charge in [-0.2, -0.15) is 0 Å². The van der Waals surface area contributed by atoms with Crippen molar-refractivity contribution in [3.8, 4) is 0 Å². The summed E-state index contributed by atoms with van der Waals surface area (Å²) in [5, 5.41) is 0. The van der Waals surface area contributed by atoms with E-state index in [-0.39, 0.29) is 15.8 Å². The second-order valence-corrected chi connectivity index (χ2v) is 7.10. The minimum atomic E-state index is -3.51. The third-order valence-electron chi connectivity index (χ3n) is 3.33. The van der Waals surface area contributed by atoms with E-state index in [0.29, 0.717) is 30.9 Å². The Morgan fingerprint density at radius 3 is 2.85 bits per heavy atom. The van der Waals surface area contributed by atoms with Crippen molar-refractivity contribution in [2.24, 2.45) is 11.7 Å². The van der Waals surface area contributed by atoms with E-state index < -0.39 is 10.0 Å². The molecule has 1 aliphatic rings. The predicted molar refractivity (Wildman–Crippen MR) is 81.2 cm³/mol. The van der Waals surface area contributed by atoms with Crippen LogP contribution in [0.3, 0.4) is 0 Å². The summed E-state index contributed by atoms with van der Waals surface area (Å²) in [6.45, 7) is 3.45. The van der Waals surface area contributed by atoms with E-state index in [1.54, 1.807) is 19.1 Å². The van der Waals surface area contributed by atoms with Crippen molar-refractivity contribution in [2.45, 2.75) is 18.2 Å². The van der Waals surface area contributed by atoms with Crippen LogP contribution in [0.4, 0.5) is 0 Å². The van der Waals surface area contributed by atoms with E-state index in [1.807, 2.05) is 0 Å². The molecule has 2 rings (SSSR count). The van der Waals surface area contributed by atoms with Crippen LogP contribution in [-0.2, 0) is 14.8 Å². The van der Waals surface area contributed by atoms with E-state index in [9.17, 15) is 8.42 Å². The Morgan fingerprint density at radius 1 is 1.55 bits per heavy atom. The fraction of sp³-hybridized carbons (Fsp3) is 0.462. The average Bonchev–Trinajstić information content (AvgIpc) is 2.89. The van der Waals surface area contributed by atoms with Gasteiger partial charge in [-0.15, -0.1) is 0 Å². The molecule has 0 bridgehead atoms. The second kappa shape index (κ2) is 6.17. The molecule has 1 atom stereocenters. The molecule has 3 N–H and O–H groups in total. The fourth-order valence-electron chi connectivity index (χ4n) is 2.15. The minimum Gasteiger partial charge on any atom is -0.389 e. The van der Waals surface area contributed by atoms with Gasteiger partial charge >= 0.3 is 0 Å². The Morgan fingerprint density at radius 2 is 2.30 bits per heavy atom. The van der Waals surface area contributed by atoms with Gasteiger partial charge in [-0.1, -0.05) is 18.3 Å². The maximum atomic E-state index is 12.3. The smallest absolute Gasteiger partial charge is 0.240 e. The van der Waals surface area contributed by atoms with Gasteiger partial charge < -0.3 is 10.5 Å². The van der Waals surface area contributed by atoms with Gasteiger partial charge in [0, 0.05) is 18.7 Å². The lowest BCUT2D eigenvalue weighted by molar-refractivity contribution is 0.186. The Hall–Kier alpha value is -1.02. The molecule has 7 heteroatoms. The zero-order valence-corrected chi connectivity index (χ0v) is 12.9. The van der Waals surface area contributed by atoms with Crippen molar-refractivity contribution in [1.29, 1.82) is 0 Å². The number of rotatable bonds is 5. The molecule has 0 radical (unpaired) electrons. The largest absolute Gasteiger partial charge is 0.389 e. The number of nitrogens with two attached hydrogens (primary N) is 1. The number of nitrogens with one attached hydrogen (secondary N) is 1. The molecule has 0 amide bonds. The number of hydrogen-bond acceptors (Lipinski definition) is 4. The first kappa shape index (κ1) is 15.4. The van der Waals surface area contributed by atoms with Crippen molar-refractivity contribution in [3.63, 3.8) is 0 Å². The molecule has 1 saturated heterocycles. The third kappa shape index (κ3) is 3.54. The number of sulfonamides is 1. The van der Waals surface area contributed by atoms with Gasteiger partial charge in [-0.25, -0.2) is 13.1 Å². The topological polar surface area (TPSA) is 81.4 Å². The van der Waals surface area contributed by atoms with Gasteiger partial charge in [-0.3, -0.25) is 0 Å². The van der Waals surface area contributed by atoms with Crippen molar-refractivity contribution < 1.29 is 13.2 Å². The summed E-state index contributed by atoms with van der Waals surface area (Å²) < 4.78 is 32.4. The second-order valence-electron chi connectivity index (χ2n) is 4.93. The molecular formula is C13H18N2O3S2. The van der Waals surface area contributed by atoms with Crippen LogP contribution in [0.5, 0.6) is 0 Å². The van der Waals surface area contributed by atoms with Gasteiger partial charge in [0.1, 0.15) is 4.99 Å². The molecule has 1 aromatic carbocycles. The van der Waals surface area contributed by atoms with Gasteiger partial charge in [-0.05, 0) is 37.0 Å². The molecule has 5 nitrogen and oxygen atoms in total. The number of ether oxygens (including phenoxy) is 1. The highest BCUT2D eigenvalue weighted by Crippen LogP contribution is 2.18. The summed E-state index contributed by atoms with van der Waals surface area (Å²) in [6.07, 6.45) is 0.891. The van der Waals surface area contributed by atoms with E-state index in [2.05, 4.69) is 4.72 Å². The number of hydrogen-bond donors (Lipinski definition) is 2. The van der Waals surface area contributed by atoms with Gasteiger partial charge in [0.15, 0.2) is 0 Å². The summed E-state index contributed by atoms with van der Waals surface area (Å²) in [6, 6.07) is 4.86. The zero-order valence-electron chi connectivity index (χ0n) is 11.3. The first-order valence-corrected chi connectivity index (χ1v) is 8.27. The molecule has 0 spiro atoms. The Balaban J connectivity index is 2.14. The summed E-state index contributed by atoms with van der Waals surface area (Å²) in [4.78, 5) is 0.518. The van der Waals surface area contributed by atoms with E-state index in [0.717, 1.165) is 6.42 Å². The van der Waals surface area contributed by atoms with Crippen molar-refractivity contribution in [2.75, 3.05) is 19.8 Å². The van der Waals surface area contributed by atoms with Crippen molar-refractivity contribution in [3.05, 3.63) is 29.3 Å². The van der Waals surface area contributed by atoms with Crippen LogP contribution in [0.1, 0.15) is 17.5 Å². The Labute approximate surface area is 124 Å². The molecule has 1 unspecified atom stereocenters. The number of thiocarbonyl (C=S) groups is 1. The lowest BCUT2D eigenvalue weighted by Gasteiger charge is -2.12. The van der Waals surface area contributed by atoms with Gasteiger partial charge in [0.05, 0.1) is 11.5 Å². The van der Waals surface area contributed by atoms with Gasteiger partial charge in [0.2, 0.25) is 10.0 Å². The highest BCUT2D eigenvalue weighted by molar-refractivity contribution is 7.89. The van der Waals surface area contributed by atoms with Crippen molar-refractivity contribution in [1.82, 2.24) is 4.72 Å². The molecule has 0 aromatic heterocycles. The Bertz CT molecular complexity index is 608. The lowest BCUT2D eigenvalue weighted by atomic mass is 10.1. The van der Waals surface area contributed by atoms with Crippen LogP contribution in [0.15, 0.2) is 23.1 Å². The standard InChI is InChI=1S/C13H18N2O3S2/c1-9-6-11(13(14)19)2-3-12(9)20(16,17)15-7-10-4-5-18-8-10/h2-3,6,10,15H,4-5,7-8H2,1H3,(H2,14,19). The summed E-state index contributed by atoms with van der Waals surface area (Å²) >= 11 is 4.88. The fourth-order valence-corrected chi connectivity index (χ4v) is 3.62. The maximum Gasteiger partial charge on any atom is 0.240 e. The minimum absolute atomic E-state index is 0.251. The van der Waals surface area contributed by atoms with Crippen LogP contribution in [-0.4, -0.2) is 33.2 Å². The third-order valence-corrected chi connectivity index (χ3v) is 5.15. The summed E-state index contributed by atoms with van der Waals surface area (Å²) in [7, 11) is -3.51. The van der Waals surface area contributed by atoms with Crippen molar-refractivity contribution >= 4 is 27.2 Å². The Kier molecular flexibility index (Phi) is 4.74. The SMILES string of the molecule is Cc1cc(C(N)=S)ccc1S(=O)(=O)NCC1CCOC1. The predicted octanol–water partition coefficient (Wildman–Crippen LogP) is 0.944. The van der Waals surface area contributed by atoms with E-state index >= 15 is 0 Å². The molecule has 1 fully saturated rings. The molecule has 1 aliphatic heterocycles. The normalized spacial score (nSPS) is 19.1. The maximum absolute atomic E-state index is 12.3. The number of benzene rings is 1. The quantitative estimate of drug-likeness (QED) is 0.791. The van der Waals surface area contributed by atoms with Crippen LogP contribution >= 0.6 is 12.2 Å². The molecule has 1 heterocycles. The molecule has 110 valence electrons. The van der Waals surface area contributed by atoms with E-state index in [4.69, 9.17) is 22.7 Å². The summed E-state index contributed by atoms with van der Waals surface area (Å²) in [5.74, 6) is 0.251. The highest BCUT2D eigenvalue weighted by atomic mass is 32.2. The first-order chi connectivity index (χ1) is 9.40. The molecule has 0 saturated carbocycles. The van der Waals surface area contributed by atoms with Crippen LogP contribution in [0.2, 0.25) is 0 Å². The zero-order chi connectivity index (χ0) is 14.8. The molecule has 0 aliphatic carbocycles. The van der Waals surface area contributed by atoms with Gasteiger partial charge in [0.25, 0.3) is 0 Å². The number of aryl methyl sites for hydroxylation is 1. The molecule has 20 heavy (non-hydrogen) atoms. The molecular weight excluding hydrogens is 296 g/mol. The van der Waals surface area contributed by atoms with E-state index in [1.165, 1.54) is 6.07 Å². The van der Waals surface area contributed by atoms with Crippen LogP contribution in [0, 0.1) is 12.8 Å². The molecule has 1 aromatic rings. The summed E-state index contributed by atoms with van der Waals surface area (Å²) in [5.41, 5.74) is 6.83. The van der Waals surface area contributed by atoms with Crippen LogP contribution in [0.25, 0.3) is 0 Å².